The van der Waals surface area contributed by atoms with Crippen molar-refractivity contribution in [3.63, 3.8) is 0 Å². The summed E-state index contributed by atoms with van der Waals surface area (Å²) < 4.78 is 14.0. The van der Waals surface area contributed by atoms with E-state index in [1.54, 1.807) is 38.4 Å². The molecule has 0 radical (unpaired) electrons. The van der Waals surface area contributed by atoms with Crippen LogP contribution in [0.3, 0.4) is 0 Å². The highest BCUT2D eigenvalue weighted by atomic mass is 35.5. The maximum Gasteiger partial charge on any atom is 0.141 e. The number of fused-ring (bicyclic) bond motifs is 1. The van der Waals surface area contributed by atoms with Crippen molar-refractivity contribution < 1.29 is 9.47 Å². The van der Waals surface area contributed by atoms with Crippen molar-refractivity contribution in [2.75, 3.05) is 51.2 Å². The minimum atomic E-state index is 0.366. The molecule has 3 N–H and O–H groups in total. The largest absolute Gasteiger partial charge is 0.495 e. The van der Waals surface area contributed by atoms with Crippen LogP contribution in [0.5, 0.6) is 11.5 Å². The van der Waals surface area contributed by atoms with Gasteiger partial charge in [0.25, 0.3) is 0 Å². The average molecular weight is 468 g/mol. The first-order valence-corrected chi connectivity index (χ1v) is 11.1. The number of benzene rings is 1. The first-order chi connectivity index (χ1) is 14.5. The average Bonchev–Trinajstić information content (AvgIpc) is 2.76. The number of methoxy groups -OCH3 is 2. The third-order valence-corrected chi connectivity index (χ3v) is 5.71. The lowest BCUT2D eigenvalue weighted by atomic mass is 10.1. The molecule has 0 saturated carbocycles. The molecule has 7 nitrogen and oxygen atoms in total. The highest BCUT2D eigenvalue weighted by Gasteiger charge is 2.21. The summed E-state index contributed by atoms with van der Waals surface area (Å²) in [5, 5.41) is 9.01. The summed E-state index contributed by atoms with van der Waals surface area (Å²) >= 11 is 14.8. The molecule has 160 valence electrons. The molecule has 0 aliphatic carbocycles. The second-order valence-corrected chi connectivity index (χ2v) is 7.66. The number of pyridine rings is 2. The molecule has 0 unspecified atom stereocenters. The van der Waals surface area contributed by atoms with Crippen molar-refractivity contribution in [3.8, 4) is 22.8 Å². The Kier molecular flexibility index (Phi) is 7.71. The third kappa shape index (κ3) is 4.62. The van der Waals surface area contributed by atoms with Gasteiger partial charge in [0, 0.05) is 48.7 Å². The number of ether oxygens (including phenoxy) is 2. The topological polar surface area (TPSA) is 80.3 Å². The van der Waals surface area contributed by atoms with E-state index in [2.05, 4.69) is 20.3 Å². The first-order valence-electron chi connectivity index (χ1n) is 9.12. The van der Waals surface area contributed by atoms with Crippen LogP contribution in [-0.4, -0.2) is 50.6 Å². The number of anilines is 2. The Morgan fingerprint density at radius 2 is 1.73 bits per heavy atom. The maximum absolute atomic E-state index is 6.61. The molecule has 30 heavy (non-hydrogen) atoms. The summed E-state index contributed by atoms with van der Waals surface area (Å²) in [7, 11) is 4.91. The molecular formula is C20H23Cl2N5O2S. The van der Waals surface area contributed by atoms with Crippen LogP contribution < -0.4 is 24.8 Å². The molecule has 0 fully saturated rings. The Labute approximate surface area is 190 Å². The van der Waals surface area contributed by atoms with Crippen molar-refractivity contribution >= 4 is 57.6 Å². The molecular weight excluding hydrogens is 445 g/mol. The van der Waals surface area contributed by atoms with Crippen LogP contribution >= 0.6 is 35.1 Å². The van der Waals surface area contributed by atoms with E-state index in [9.17, 15) is 0 Å². The van der Waals surface area contributed by atoms with Gasteiger partial charge < -0.3 is 20.1 Å². The van der Waals surface area contributed by atoms with Gasteiger partial charge in [0.15, 0.2) is 0 Å². The molecule has 0 saturated heterocycles. The second-order valence-electron chi connectivity index (χ2n) is 6.21. The maximum atomic E-state index is 6.61. The first kappa shape index (κ1) is 22.6. The number of halogens is 2. The molecule has 3 aromatic rings. The molecule has 0 amide bonds. The van der Waals surface area contributed by atoms with E-state index in [1.807, 2.05) is 25.4 Å². The summed E-state index contributed by atoms with van der Waals surface area (Å²) in [5.74, 6) is 2.37. The van der Waals surface area contributed by atoms with E-state index in [4.69, 9.17) is 37.7 Å². The SMILES string of the molecule is CNc1cc2c(NCCNSC)nc(-c3c(Cl)c(OC)cc(OC)c3Cl)cc2cn1. The number of nitrogens with zero attached hydrogens (tertiary/aromatic N) is 2. The minimum absolute atomic E-state index is 0.366. The second kappa shape index (κ2) is 10.3. The molecule has 2 heterocycles. The fourth-order valence-electron chi connectivity index (χ4n) is 2.99. The van der Waals surface area contributed by atoms with Gasteiger partial charge in [-0.3, -0.25) is 4.72 Å². The van der Waals surface area contributed by atoms with Gasteiger partial charge >= 0.3 is 0 Å². The zero-order chi connectivity index (χ0) is 21.7. The van der Waals surface area contributed by atoms with Crippen molar-refractivity contribution in [3.05, 3.63) is 34.4 Å². The van der Waals surface area contributed by atoms with E-state index >= 15 is 0 Å². The van der Waals surface area contributed by atoms with Gasteiger partial charge in [-0.05, 0) is 18.4 Å². The lowest BCUT2D eigenvalue weighted by Crippen LogP contribution is -2.16. The summed E-state index contributed by atoms with van der Waals surface area (Å²) in [6.07, 6.45) is 3.77. The van der Waals surface area contributed by atoms with Crippen LogP contribution in [0.1, 0.15) is 0 Å². The predicted octanol–water partition coefficient (Wildman–Crippen LogP) is 4.94. The van der Waals surface area contributed by atoms with Gasteiger partial charge in [0.2, 0.25) is 0 Å². The molecule has 0 aliphatic heterocycles. The standard InChI is InChI=1S/C20H23Cl2N5O2S/c1-23-16-8-12-11(10-25-16)7-13(27-20(12)24-5-6-26-30-4)17-18(21)14(28-2)9-15(29-3)19(17)22/h7-10,26H,5-6H2,1-4H3,(H,23,25)(H,24,27). The summed E-state index contributed by atoms with van der Waals surface area (Å²) in [6, 6.07) is 5.51. The van der Waals surface area contributed by atoms with Crippen LogP contribution in [0.15, 0.2) is 24.4 Å². The van der Waals surface area contributed by atoms with Crippen molar-refractivity contribution in [1.82, 2.24) is 14.7 Å². The molecule has 3 rings (SSSR count). The van der Waals surface area contributed by atoms with Crippen LogP contribution in [0.2, 0.25) is 10.0 Å². The molecule has 10 heteroatoms. The highest BCUT2D eigenvalue weighted by molar-refractivity contribution is 7.96. The van der Waals surface area contributed by atoms with Crippen molar-refractivity contribution in [1.29, 1.82) is 0 Å². The van der Waals surface area contributed by atoms with E-state index in [0.717, 1.165) is 23.1 Å². The number of hydrogen-bond donors (Lipinski definition) is 3. The highest BCUT2D eigenvalue weighted by Crippen LogP contribution is 2.46. The van der Waals surface area contributed by atoms with Crippen molar-refractivity contribution in [2.45, 2.75) is 0 Å². The Balaban J connectivity index is 2.20. The molecule has 0 bridgehead atoms. The third-order valence-electron chi connectivity index (χ3n) is 4.46. The number of aromatic nitrogens is 2. The smallest absolute Gasteiger partial charge is 0.141 e. The van der Waals surface area contributed by atoms with Gasteiger partial charge in [-0.25, -0.2) is 9.97 Å². The van der Waals surface area contributed by atoms with E-state index in [0.29, 0.717) is 45.2 Å². The number of rotatable bonds is 9. The number of hydrogen-bond acceptors (Lipinski definition) is 8. The summed E-state index contributed by atoms with van der Waals surface area (Å²) in [6.45, 7) is 1.46. The zero-order valence-corrected chi connectivity index (χ0v) is 19.4. The van der Waals surface area contributed by atoms with Crippen LogP contribution in [0.4, 0.5) is 11.6 Å². The lowest BCUT2D eigenvalue weighted by molar-refractivity contribution is 0.395. The van der Waals surface area contributed by atoms with Crippen molar-refractivity contribution in [2.24, 2.45) is 0 Å². The van der Waals surface area contributed by atoms with Gasteiger partial charge in [-0.2, -0.15) is 0 Å². The number of nitrogens with one attached hydrogen (secondary N) is 3. The van der Waals surface area contributed by atoms with Gasteiger partial charge in [0.1, 0.15) is 23.1 Å². The van der Waals surface area contributed by atoms with E-state index < -0.39 is 0 Å². The summed E-state index contributed by atoms with van der Waals surface area (Å²) in [4.78, 5) is 9.26. The fraction of sp³-hybridized carbons (Fsp3) is 0.300. The molecule has 0 aliphatic rings. The lowest BCUT2D eigenvalue weighted by Gasteiger charge is -2.17. The van der Waals surface area contributed by atoms with Crippen LogP contribution in [0, 0.1) is 0 Å². The molecule has 1 aromatic carbocycles. The van der Waals surface area contributed by atoms with Gasteiger partial charge in [0.05, 0.1) is 30.0 Å². The van der Waals surface area contributed by atoms with Gasteiger partial charge in [-0.15, -0.1) is 0 Å². The van der Waals surface area contributed by atoms with Crippen LogP contribution in [-0.2, 0) is 0 Å². The Morgan fingerprint density at radius 1 is 1.03 bits per heavy atom. The van der Waals surface area contributed by atoms with E-state index in [-0.39, 0.29) is 0 Å². The molecule has 0 atom stereocenters. The Hall–Kier alpha value is -2.13. The minimum Gasteiger partial charge on any atom is -0.495 e. The predicted molar refractivity (Wildman–Crippen MR) is 128 cm³/mol. The molecule has 2 aromatic heterocycles. The summed E-state index contributed by atoms with van der Waals surface area (Å²) in [5.41, 5.74) is 1.13. The normalized spacial score (nSPS) is 10.9. The zero-order valence-electron chi connectivity index (χ0n) is 17.1. The van der Waals surface area contributed by atoms with Gasteiger partial charge in [-0.1, -0.05) is 35.1 Å². The quantitative estimate of drug-likeness (QED) is 0.301. The molecule has 0 spiro atoms. The monoisotopic (exact) mass is 467 g/mol. The Morgan fingerprint density at radius 3 is 2.33 bits per heavy atom. The Bertz CT molecular complexity index is 1020. The van der Waals surface area contributed by atoms with Crippen LogP contribution in [0.25, 0.3) is 22.0 Å². The van der Waals surface area contributed by atoms with E-state index in [1.165, 1.54) is 0 Å². The fourth-order valence-corrected chi connectivity index (χ4v) is 3.99.